The summed E-state index contributed by atoms with van der Waals surface area (Å²) in [6.45, 7) is 6.28. The standard InChI is InChI=1S/C18H27N3O6.C14H26N4O6.C11H12N2O2.C9H17NO2.C9H11NO2.C3H7NO3/c1-10(2)7-13(19)18(25)27-12-5-3-11(4-6-12)8-14(20)17(24)26-9-15(21)16(22)23;1-7(2)5-9(16)12(20)23-6-10(17)14(22)24-13(21)8(15)3-4-11(18)19;12-9(11(14)15)5-7-6-13-10-4-2-1-3-8(7)10;2*10-8(9(11)12)6-7-4-2-1-3-5-7;4-2(1-5)3(6)7/h3-6,10,13-15H,7-9,19-21H2,1-2H3,(H,22,23);7-10H,3-6,15-17H2,1-2H3,(H2,18,19);1-4,6,9,13H,5,12H2,(H,14,15);7-8H,1-6,10H2,(H,11,12);1-5,8H,6,10H2,(H,11,12);2,5H,1,4H2,(H,6,7)/t13-,14-,15+;8-,9-,10-;9-;2*8-;2-/m000000/s1. The van der Waals surface area contributed by atoms with Gasteiger partial charge in [0, 0.05) is 29.9 Å². The third-order valence-corrected chi connectivity index (χ3v) is 13.8. The molecule has 1 aliphatic carbocycles. The van der Waals surface area contributed by atoms with Crippen LogP contribution < -0.4 is 67.8 Å². The number of benzene rings is 3. The quantitative estimate of drug-likeness (QED) is 0.0127. The van der Waals surface area contributed by atoms with Crippen molar-refractivity contribution in [3.8, 4) is 5.75 Å². The van der Waals surface area contributed by atoms with Gasteiger partial charge in [-0.1, -0.05) is 120 Å². The molecule has 10 atom stereocenters. The van der Waals surface area contributed by atoms with E-state index >= 15 is 0 Å². The lowest BCUT2D eigenvalue weighted by Crippen LogP contribution is -2.43. The highest BCUT2D eigenvalue weighted by atomic mass is 16.6. The summed E-state index contributed by atoms with van der Waals surface area (Å²) in [6.07, 6.45) is 10.3. The molecule has 1 heterocycles. The van der Waals surface area contributed by atoms with Crippen molar-refractivity contribution in [2.45, 2.75) is 172 Å². The van der Waals surface area contributed by atoms with Gasteiger partial charge >= 0.3 is 59.7 Å². The van der Waals surface area contributed by atoms with Gasteiger partial charge in [-0.3, -0.25) is 38.4 Å². The molecule has 542 valence electrons. The van der Waals surface area contributed by atoms with Gasteiger partial charge in [-0.05, 0) is 91.2 Å². The van der Waals surface area contributed by atoms with Crippen LogP contribution in [0.3, 0.4) is 0 Å². The van der Waals surface area contributed by atoms with Gasteiger partial charge in [-0.25, -0.2) is 14.4 Å². The van der Waals surface area contributed by atoms with Crippen LogP contribution in [-0.2, 0) is 86.2 Å². The summed E-state index contributed by atoms with van der Waals surface area (Å²) in [5, 5.41) is 51.4. The summed E-state index contributed by atoms with van der Waals surface area (Å²) in [7, 11) is 0. The number of para-hydroxylation sites is 1. The Hall–Kier alpha value is -8.87. The number of aliphatic hydroxyl groups excluding tert-OH is 1. The van der Waals surface area contributed by atoms with Crippen LogP contribution in [0.2, 0.25) is 0 Å². The molecule has 3 aromatic carbocycles. The number of aromatic amines is 1. The number of carbonyl (C=O) groups is 11. The third kappa shape index (κ3) is 39.7. The number of fused-ring (bicyclic) bond motifs is 1. The van der Waals surface area contributed by atoms with Crippen molar-refractivity contribution in [3.63, 3.8) is 0 Å². The average Bonchev–Trinajstić information content (AvgIpc) is 1.69. The monoisotopic (exact) mass is 1370 g/mol. The maximum absolute atomic E-state index is 11.9. The number of amides is 1. The Morgan fingerprint density at radius 2 is 0.918 bits per heavy atom. The molecular weight excluding hydrogens is 1270 g/mol. The van der Waals surface area contributed by atoms with Gasteiger partial charge < -0.3 is 118 Å². The summed E-state index contributed by atoms with van der Waals surface area (Å²) in [5.41, 5.74) is 62.9. The van der Waals surface area contributed by atoms with Crippen LogP contribution in [0.15, 0.2) is 85.1 Å². The molecule has 0 unspecified atom stereocenters. The predicted octanol–water partition coefficient (Wildman–Crippen LogP) is -0.794. The van der Waals surface area contributed by atoms with Crippen molar-refractivity contribution < 1.29 is 102 Å². The number of aliphatic carboxylic acids is 5. The molecule has 1 aromatic heterocycles. The number of carbonyl (C=O) groups excluding carboxylic acids is 6. The molecule has 1 fully saturated rings. The number of nitrogens with one attached hydrogen (secondary N) is 1. The summed E-state index contributed by atoms with van der Waals surface area (Å²) in [6, 6.07) is 13.8. The van der Waals surface area contributed by atoms with Crippen LogP contribution in [0.25, 0.3) is 10.9 Å². The fraction of sp³-hybridized carbons (Fsp3) is 0.516. The first-order valence-electron chi connectivity index (χ1n) is 31.0. The van der Waals surface area contributed by atoms with Crippen LogP contribution in [0.1, 0.15) is 109 Å². The van der Waals surface area contributed by atoms with Gasteiger partial charge in [-0.15, -0.1) is 0 Å². The average molecular weight is 1370 g/mol. The van der Waals surface area contributed by atoms with Crippen molar-refractivity contribution in [1.82, 2.24) is 4.98 Å². The Bertz CT molecular complexity index is 3060. The zero-order valence-electron chi connectivity index (χ0n) is 55.1. The van der Waals surface area contributed by atoms with Gasteiger partial charge in [0.25, 0.3) is 0 Å². The Labute approximate surface area is 561 Å². The molecule has 0 radical (unpaired) electrons. The molecular formula is C64H100N12O21. The fourth-order valence-electron chi connectivity index (χ4n) is 8.34. The Kier molecular flexibility index (Phi) is 43.5. The maximum Gasteiger partial charge on any atom is 0.334 e. The highest BCUT2D eigenvalue weighted by Gasteiger charge is 2.27. The Morgan fingerprint density at radius 1 is 0.474 bits per heavy atom. The second kappa shape index (κ2) is 47.9. The zero-order valence-corrected chi connectivity index (χ0v) is 55.1. The number of H-pyrrole nitrogens is 1. The van der Waals surface area contributed by atoms with E-state index in [1.165, 1.54) is 32.1 Å². The van der Waals surface area contributed by atoms with Gasteiger partial charge in [-0.2, -0.15) is 0 Å². The van der Waals surface area contributed by atoms with Crippen molar-refractivity contribution in [2.75, 3.05) is 19.8 Å². The Balaban J connectivity index is 0.00000120. The SMILES string of the molecule is CC(C)C[C@H](N)C(=O)OC[C@H](N)C(=O)OC(=O)[C@@H](N)CCC(N)=O.CC(C)C[C@H](N)C(=O)Oc1ccc(C[C@H](N)C(=O)OC[C@@H](N)C(=O)O)cc1.N[C@@H](CC1CCCCC1)C(=O)O.N[C@@H](CO)C(=O)O.N[C@@H](Cc1c[nH]c2ccccc12)C(=O)O.N[C@@H](Cc1ccccc1)C(=O)O. The normalized spacial score (nSPS) is 14.8. The summed E-state index contributed by atoms with van der Waals surface area (Å²) >= 11 is 0. The molecule has 0 aliphatic heterocycles. The van der Waals surface area contributed by atoms with Crippen molar-refractivity contribution >= 4 is 76.5 Å². The molecule has 1 saturated carbocycles. The fourth-order valence-corrected chi connectivity index (χ4v) is 8.34. The van der Waals surface area contributed by atoms with Gasteiger partial charge in [0.05, 0.1) is 6.61 Å². The van der Waals surface area contributed by atoms with Gasteiger partial charge in [0.2, 0.25) is 5.91 Å². The van der Waals surface area contributed by atoms with E-state index in [0.717, 1.165) is 22.0 Å². The molecule has 33 heteroatoms. The third-order valence-electron chi connectivity index (χ3n) is 13.8. The van der Waals surface area contributed by atoms with Crippen LogP contribution in [0.4, 0.5) is 0 Å². The van der Waals surface area contributed by atoms with E-state index in [9.17, 15) is 52.7 Å². The van der Waals surface area contributed by atoms with Gasteiger partial charge in [0.1, 0.15) is 79.4 Å². The number of carboxylic acid groups (broad SMARTS) is 5. The predicted molar refractivity (Wildman–Crippen MR) is 354 cm³/mol. The molecule has 0 bridgehead atoms. The lowest BCUT2D eigenvalue weighted by molar-refractivity contribution is -0.163. The van der Waals surface area contributed by atoms with E-state index < -0.39 is 146 Å². The number of aliphatic hydroxyl groups is 1. The highest BCUT2D eigenvalue weighted by molar-refractivity contribution is 5.91. The molecule has 4 aromatic rings. The first kappa shape index (κ1) is 88.1. The minimum absolute atomic E-state index is 0.0598. The van der Waals surface area contributed by atoms with E-state index in [4.69, 9.17) is 108 Å². The number of primary amides is 1. The van der Waals surface area contributed by atoms with E-state index in [1.54, 1.807) is 24.3 Å². The van der Waals surface area contributed by atoms with Crippen LogP contribution in [-0.4, -0.2) is 181 Å². The summed E-state index contributed by atoms with van der Waals surface area (Å²) in [5.74, 6) is -8.59. The zero-order chi connectivity index (χ0) is 74.1. The number of rotatable bonds is 31. The molecule has 29 N–H and O–H groups in total. The van der Waals surface area contributed by atoms with Crippen molar-refractivity contribution in [3.05, 3.63) is 102 Å². The van der Waals surface area contributed by atoms with E-state index in [2.05, 4.69) is 9.72 Å². The lowest BCUT2D eigenvalue weighted by Gasteiger charge is -2.22. The number of hydrogen-bond acceptors (Lipinski definition) is 26. The van der Waals surface area contributed by atoms with Gasteiger partial charge in [0.15, 0.2) is 0 Å². The van der Waals surface area contributed by atoms with Crippen molar-refractivity contribution in [2.24, 2.45) is 80.8 Å². The molecule has 97 heavy (non-hydrogen) atoms. The second-order valence-electron chi connectivity index (χ2n) is 23.5. The number of ether oxygens (including phenoxy) is 4. The molecule has 0 spiro atoms. The smallest absolute Gasteiger partial charge is 0.334 e. The van der Waals surface area contributed by atoms with Crippen LogP contribution in [0, 0.1) is 17.8 Å². The Morgan fingerprint density at radius 3 is 1.40 bits per heavy atom. The summed E-state index contributed by atoms with van der Waals surface area (Å²) < 4.78 is 19.3. The first-order valence-corrected chi connectivity index (χ1v) is 31.0. The molecule has 0 saturated heterocycles. The number of aromatic nitrogens is 1. The first-order chi connectivity index (χ1) is 45.4. The maximum atomic E-state index is 11.9. The lowest BCUT2D eigenvalue weighted by atomic mass is 9.85. The highest BCUT2D eigenvalue weighted by Crippen LogP contribution is 2.27. The number of hydrogen-bond donors (Lipinski definition) is 18. The number of esters is 5. The van der Waals surface area contributed by atoms with Crippen molar-refractivity contribution in [1.29, 1.82) is 0 Å². The molecule has 1 aliphatic rings. The molecule has 33 nitrogen and oxygen atoms in total. The molecule has 5 rings (SSSR count). The van der Waals surface area contributed by atoms with E-state index in [1.807, 2.05) is 88.5 Å². The number of carboxylic acids is 5. The van der Waals surface area contributed by atoms with E-state index in [0.29, 0.717) is 49.3 Å². The molecule has 1 amide bonds. The van der Waals surface area contributed by atoms with Crippen LogP contribution in [0.5, 0.6) is 5.75 Å². The van der Waals surface area contributed by atoms with E-state index in [-0.39, 0.29) is 31.1 Å². The number of nitrogens with two attached hydrogens (primary N) is 11. The largest absolute Gasteiger partial charge is 0.480 e. The second-order valence-corrected chi connectivity index (χ2v) is 23.5. The minimum atomic E-state index is -1.35. The van der Waals surface area contributed by atoms with Crippen LogP contribution >= 0.6 is 0 Å². The summed E-state index contributed by atoms with van der Waals surface area (Å²) in [4.78, 5) is 124. The topological polar surface area (TPSA) is 648 Å². The minimum Gasteiger partial charge on any atom is -0.480 e.